The molecule has 0 radical (unpaired) electrons. The Morgan fingerprint density at radius 3 is 2.35 bits per heavy atom. The van der Waals surface area contributed by atoms with E-state index in [2.05, 4.69) is 9.88 Å². The molecule has 2 aromatic carbocycles. The summed E-state index contributed by atoms with van der Waals surface area (Å²) < 4.78 is 13.3. The number of carbonyl (C=O) groups excluding carboxylic acids is 1. The Kier molecular flexibility index (Phi) is 5.39. The molecule has 5 heteroatoms. The molecule has 3 rings (SSSR count). The van der Waals surface area contributed by atoms with Gasteiger partial charge in [0.15, 0.2) is 0 Å². The van der Waals surface area contributed by atoms with Crippen molar-refractivity contribution in [2.75, 3.05) is 7.05 Å². The minimum atomic E-state index is -0.440. The van der Waals surface area contributed by atoms with E-state index in [4.69, 9.17) is 5.73 Å². The molecule has 0 aliphatic rings. The van der Waals surface area contributed by atoms with Crippen LogP contribution in [0.2, 0.25) is 0 Å². The van der Waals surface area contributed by atoms with Crippen molar-refractivity contribution in [3.63, 3.8) is 0 Å². The Morgan fingerprint density at radius 2 is 1.77 bits per heavy atom. The van der Waals surface area contributed by atoms with Crippen molar-refractivity contribution >= 4 is 5.91 Å². The molecule has 0 aliphatic heterocycles. The van der Waals surface area contributed by atoms with Gasteiger partial charge in [0, 0.05) is 24.5 Å². The molecule has 4 nitrogen and oxygen atoms in total. The number of pyridine rings is 1. The lowest BCUT2D eigenvalue weighted by atomic mass is 9.98. The van der Waals surface area contributed by atoms with Crippen LogP contribution in [0.25, 0.3) is 0 Å². The maximum atomic E-state index is 13.3. The third-order valence-electron chi connectivity index (χ3n) is 4.30. The van der Waals surface area contributed by atoms with Crippen LogP contribution in [0.4, 0.5) is 4.39 Å². The standard InChI is InChI=1S/C21H20FN3O/c1-25(14-15-4-6-17(7-5-15)21(23)26)20(18-3-2-12-24-13-18)16-8-10-19(22)11-9-16/h2-13,20H,14H2,1H3,(H2,23,26)/t20-/m1/s1. The Morgan fingerprint density at radius 1 is 1.08 bits per heavy atom. The van der Waals surface area contributed by atoms with Gasteiger partial charge in [-0.25, -0.2) is 4.39 Å². The summed E-state index contributed by atoms with van der Waals surface area (Å²) in [5.74, 6) is -0.701. The van der Waals surface area contributed by atoms with Crippen LogP contribution >= 0.6 is 0 Å². The maximum Gasteiger partial charge on any atom is 0.248 e. The van der Waals surface area contributed by atoms with Crippen LogP contribution in [0.1, 0.15) is 33.1 Å². The summed E-state index contributed by atoms with van der Waals surface area (Å²) in [7, 11) is 2.00. The van der Waals surface area contributed by atoms with Crippen LogP contribution < -0.4 is 5.73 Å². The predicted octanol–water partition coefficient (Wildman–Crippen LogP) is 3.54. The number of primary amides is 1. The van der Waals surface area contributed by atoms with Crippen LogP contribution in [-0.4, -0.2) is 22.8 Å². The first-order chi connectivity index (χ1) is 12.5. The van der Waals surface area contributed by atoms with Gasteiger partial charge in [0.1, 0.15) is 5.82 Å². The first-order valence-corrected chi connectivity index (χ1v) is 8.29. The zero-order valence-electron chi connectivity index (χ0n) is 14.5. The Labute approximate surface area is 152 Å². The summed E-state index contributed by atoms with van der Waals surface area (Å²) in [6.07, 6.45) is 3.55. The first kappa shape index (κ1) is 17.8. The normalized spacial score (nSPS) is 12.1. The van der Waals surface area contributed by atoms with Crippen LogP contribution in [-0.2, 0) is 6.54 Å². The van der Waals surface area contributed by atoms with Gasteiger partial charge < -0.3 is 5.73 Å². The lowest BCUT2D eigenvalue weighted by Gasteiger charge is -2.29. The molecule has 1 atom stereocenters. The minimum Gasteiger partial charge on any atom is -0.366 e. The largest absolute Gasteiger partial charge is 0.366 e. The minimum absolute atomic E-state index is 0.0693. The zero-order valence-corrected chi connectivity index (χ0v) is 14.5. The number of carbonyl (C=O) groups is 1. The molecule has 0 unspecified atom stereocenters. The second-order valence-corrected chi connectivity index (χ2v) is 6.22. The summed E-state index contributed by atoms with van der Waals surface area (Å²) in [5, 5.41) is 0. The molecular weight excluding hydrogens is 329 g/mol. The SMILES string of the molecule is CN(Cc1ccc(C(N)=O)cc1)[C@H](c1ccc(F)cc1)c1cccnc1. The van der Waals surface area contributed by atoms with E-state index in [1.165, 1.54) is 12.1 Å². The van der Waals surface area contributed by atoms with Crippen LogP contribution in [0.3, 0.4) is 0 Å². The molecule has 0 aliphatic carbocycles. The molecule has 3 aromatic rings. The van der Waals surface area contributed by atoms with E-state index in [0.29, 0.717) is 12.1 Å². The lowest BCUT2D eigenvalue weighted by molar-refractivity contribution is 0.100. The highest BCUT2D eigenvalue weighted by Crippen LogP contribution is 2.28. The highest BCUT2D eigenvalue weighted by molar-refractivity contribution is 5.92. The van der Waals surface area contributed by atoms with Crippen molar-refractivity contribution in [2.45, 2.75) is 12.6 Å². The van der Waals surface area contributed by atoms with E-state index >= 15 is 0 Å². The quantitative estimate of drug-likeness (QED) is 0.740. The van der Waals surface area contributed by atoms with Crippen LogP contribution in [0.15, 0.2) is 73.1 Å². The van der Waals surface area contributed by atoms with Crippen molar-refractivity contribution in [3.05, 3.63) is 101 Å². The van der Waals surface area contributed by atoms with Crippen molar-refractivity contribution in [3.8, 4) is 0 Å². The Balaban J connectivity index is 1.88. The molecular formula is C21H20FN3O. The number of rotatable bonds is 6. The fourth-order valence-corrected chi connectivity index (χ4v) is 3.04. The number of halogens is 1. The number of aromatic nitrogens is 1. The zero-order chi connectivity index (χ0) is 18.5. The number of hydrogen-bond acceptors (Lipinski definition) is 3. The number of benzene rings is 2. The summed E-state index contributed by atoms with van der Waals surface area (Å²) in [4.78, 5) is 17.6. The van der Waals surface area contributed by atoms with Gasteiger partial charge in [-0.2, -0.15) is 0 Å². The summed E-state index contributed by atoms with van der Waals surface area (Å²) in [6, 6.07) is 17.6. The van der Waals surface area contributed by atoms with E-state index in [9.17, 15) is 9.18 Å². The molecule has 0 saturated carbocycles. The van der Waals surface area contributed by atoms with E-state index in [0.717, 1.165) is 16.7 Å². The molecule has 26 heavy (non-hydrogen) atoms. The monoisotopic (exact) mass is 349 g/mol. The smallest absolute Gasteiger partial charge is 0.248 e. The molecule has 2 N–H and O–H groups in total. The Hall–Kier alpha value is -3.05. The van der Waals surface area contributed by atoms with Gasteiger partial charge >= 0.3 is 0 Å². The molecule has 1 amide bonds. The molecule has 132 valence electrons. The average Bonchev–Trinajstić information content (AvgIpc) is 2.65. The molecule has 1 heterocycles. The van der Waals surface area contributed by atoms with Crippen LogP contribution in [0.5, 0.6) is 0 Å². The van der Waals surface area contributed by atoms with E-state index in [1.807, 2.05) is 37.5 Å². The highest BCUT2D eigenvalue weighted by atomic mass is 19.1. The van der Waals surface area contributed by atoms with Crippen molar-refractivity contribution in [1.82, 2.24) is 9.88 Å². The van der Waals surface area contributed by atoms with Gasteiger partial charge in [-0.3, -0.25) is 14.7 Å². The van der Waals surface area contributed by atoms with Gasteiger partial charge in [-0.1, -0.05) is 30.3 Å². The molecule has 1 aromatic heterocycles. The first-order valence-electron chi connectivity index (χ1n) is 8.29. The second kappa shape index (κ2) is 7.89. The van der Waals surface area contributed by atoms with Gasteiger partial charge in [-0.15, -0.1) is 0 Å². The number of hydrogen-bond donors (Lipinski definition) is 1. The van der Waals surface area contributed by atoms with E-state index in [-0.39, 0.29) is 11.9 Å². The van der Waals surface area contributed by atoms with Crippen molar-refractivity contribution in [2.24, 2.45) is 5.73 Å². The number of nitrogens with zero attached hydrogens (tertiary/aromatic N) is 2. The molecule has 0 saturated heterocycles. The topological polar surface area (TPSA) is 59.2 Å². The Bertz CT molecular complexity index is 864. The molecule has 0 fully saturated rings. The van der Waals surface area contributed by atoms with Gasteiger partial charge in [-0.05, 0) is 54.1 Å². The number of amides is 1. The number of nitrogens with two attached hydrogens (primary N) is 1. The second-order valence-electron chi connectivity index (χ2n) is 6.22. The fourth-order valence-electron chi connectivity index (χ4n) is 3.04. The highest BCUT2D eigenvalue weighted by Gasteiger charge is 2.20. The fraction of sp³-hybridized carbons (Fsp3) is 0.143. The maximum absolute atomic E-state index is 13.3. The summed E-state index contributed by atoms with van der Waals surface area (Å²) >= 11 is 0. The third-order valence-corrected chi connectivity index (χ3v) is 4.30. The van der Waals surface area contributed by atoms with Gasteiger partial charge in [0.25, 0.3) is 0 Å². The third kappa shape index (κ3) is 4.13. The van der Waals surface area contributed by atoms with E-state index in [1.54, 1.807) is 30.5 Å². The van der Waals surface area contributed by atoms with Crippen molar-refractivity contribution < 1.29 is 9.18 Å². The predicted molar refractivity (Wildman–Crippen MR) is 98.9 cm³/mol. The molecule has 0 bridgehead atoms. The molecule has 0 spiro atoms. The van der Waals surface area contributed by atoms with E-state index < -0.39 is 5.91 Å². The summed E-state index contributed by atoms with van der Waals surface area (Å²) in [6.45, 7) is 0.649. The van der Waals surface area contributed by atoms with Crippen molar-refractivity contribution in [1.29, 1.82) is 0 Å². The average molecular weight is 349 g/mol. The van der Waals surface area contributed by atoms with Gasteiger partial charge in [0.05, 0.1) is 6.04 Å². The van der Waals surface area contributed by atoms with Crippen LogP contribution in [0, 0.1) is 5.82 Å². The summed E-state index contributed by atoms with van der Waals surface area (Å²) in [5.41, 5.74) is 8.83. The van der Waals surface area contributed by atoms with Gasteiger partial charge in [0.2, 0.25) is 5.91 Å². The lowest BCUT2D eigenvalue weighted by Crippen LogP contribution is -2.25.